The molecule has 0 aromatic rings. The third kappa shape index (κ3) is 6.01. The van der Waals surface area contributed by atoms with Gasteiger partial charge in [0.05, 0.1) is 6.61 Å². The lowest BCUT2D eigenvalue weighted by Crippen LogP contribution is -2.44. The quantitative estimate of drug-likeness (QED) is 0.438. The van der Waals surface area contributed by atoms with Crippen LogP contribution in [-0.4, -0.2) is 63.7 Å². The maximum absolute atomic E-state index is 12.1. The summed E-state index contributed by atoms with van der Waals surface area (Å²) >= 11 is 0. The number of rotatable bonds is 6. The highest BCUT2D eigenvalue weighted by atomic mass is 16.5. The fourth-order valence-corrected chi connectivity index (χ4v) is 3.45. The number of ether oxygens (including phenoxy) is 1. The molecule has 0 bridgehead atoms. The van der Waals surface area contributed by atoms with E-state index in [1.54, 1.807) is 7.05 Å². The van der Waals surface area contributed by atoms with E-state index in [1.807, 2.05) is 7.05 Å². The average Bonchev–Trinajstić information content (AvgIpc) is 3.08. The second kappa shape index (κ2) is 9.75. The Morgan fingerprint density at radius 3 is 2.57 bits per heavy atom. The molecule has 1 aliphatic heterocycles. The van der Waals surface area contributed by atoms with Gasteiger partial charge in [-0.1, -0.05) is 19.3 Å². The first-order valence-electron chi connectivity index (χ1n) is 8.98. The van der Waals surface area contributed by atoms with Gasteiger partial charge in [0.1, 0.15) is 0 Å². The Kier molecular flexibility index (Phi) is 7.65. The zero-order valence-corrected chi connectivity index (χ0v) is 14.6. The van der Waals surface area contributed by atoms with Gasteiger partial charge in [0.15, 0.2) is 5.96 Å². The minimum Gasteiger partial charge on any atom is -0.381 e. The number of hydrogen-bond acceptors (Lipinski definition) is 3. The van der Waals surface area contributed by atoms with Crippen LogP contribution in [-0.2, 0) is 9.53 Å². The lowest BCUT2D eigenvalue weighted by molar-refractivity contribution is -0.125. The van der Waals surface area contributed by atoms with Crippen molar-refractivity contribution >= 4 is 11.9 Å². The second-order valence-electron chi connectivity index (χ2n) is 6.71. The van der Waals surface area contributed by atoms with Crippen molar-refractivity contribution in [2.45, 2.75) is 38.5 Å². The number of guanidine groups is 1. The van der Waals surface area contributed by atoms with Gasteiger partial charge in [0.25, 0.3) is 0 Å². The van der Waals surface area contributed by atoms with Crippen molar-refractivity contribution in [1.29, 1.82) is 0 Å². The van der Waals surface area contributed by atoms with Gasteiger partial charge in [-0.15, -0.1) is 0 Å². The molecule has 1 heterocycles. The smallest absolute Gasteiger partial charge is 0.223 e. The average molecular weight is 324 g/mol. The van der Waals surface area contributed by atoms with Crippen molar-refractivity contribution in [3.05, 3.63) is 0 Å². The molecule has 6 heteroatoms. The molecule has 1 saturated carbocycles. The van der Waals surface area contributed by atoms with Gasteiger partial charge in [-0.25, -0.2) is 0 Å². The molecule has 6 nitrogen and oxygen atoms in total. The maximum atomic E-state index is 12.1. The summed E-state index contributed by atoms with van der Waals surface area (Å²) in [5.74, 6) is 1.92. The van der Waals surface area contributed by atoms with Gasteiger partial charge in [-0.05, 0) is 19.3 Å². The van der Waals surface area contributed by atoms with Crippen molar-refractivity contribution in [2.75, 3.05) is 46.9 Å². The van der Waals surface area contributed by atoms with E-state index in [1.165, 1.54) is 19.3 Å². The minimum atomic E-state index is 0.220. The highest BCUT2D eigenvalue weighted by molar-refractivity contribution is 5.80. The predicted molar refractivity (Wildman–Crippen MR) is 92.5 cm³/mol. The Labute approximate surface area is 140 Å². The van der Waals surface area contributed by atoms with Crippen molar-refractivity contribution < 1.29 is 9.53 Å². The fourth-order valence-electron chi connectivity index (χ4n) is 3.45. The number of hydrogen-bond donors (Lipinski definition) is 2. The lowest BCUT2D eigenvalue weighted by Gasteiger charge is -2.25. The first-order valence-corrected chi connectivity index (χ1v) is 8.98. The van der Waals surface area contributed by atoms with Crippen molar-refractivity contribution in [3.8, 4) is 0 Å². The van der Waals surface area contributed by atoms with Crippen LogP contribution in [0.4, 0.5) is 0 Å². The van der Waals surface area contributed by atoms with Crippen LogP contribution in [0.3, 0.4) is 0 Å². The van der Waals surface area contributed by atoms with Crippen molar-refractivity contribution in [1.82, 2.24) is 15.5 Å². The predicted octanol–water partition coefficient (Wildman–Crippen LogP) is 1.23. The number of carbonyl (C=O) groups excluding carboxylic acids is 1. The fraction of sp³-hybridized carbons (Fsp3) is 0.882. The summed E-state index contributed by atoms with van der Waals surface area (Å²) in [6.45, 7) is 4.02. The van der Waals surface area contributed by atoms with Crippen LogP contribution in [0.5, 0.6) is 0 Å². The molecule has 1 saturated heterocycles. The Morgan fingerprint density at radius 2 is 1.91 bits per heavy atom. The number of nitrogens with zero attached hydrogens (tertiary/aromatic N) is 2. The first kappa shape index (κ1) is 18.0. The van der Waals surface area contributed by atoms with E-state index in [-0.39, 0.29) is 11.8 Å². The summed E-state index contributed by atoms with van der Waals surface area (Å²) in [7, 11) is 3.85. The molecule has 23 heavy (non-hydrogen) atoms. The Morgan fingerprint density at radius 1 is 1.17 bits per heavy atom. The largest absolute Gasteiger partial charge is 0.381 e. The Hall–Kier alpha value is -1.30. The maximum Gasteiger partial charge on any atom is 0.223 e. The highest BCUT2D eigenvalue weighted by Gasteiger charge is 2.21. The van der Waals surface area contributed by atoms with Crippen LogP contribution < -0.4 is 10.6 Å². The normalized spacial score (nSPS) is 22.9. The molecule has 0 radical (unpaired) electrons. The molecule has 1 amide bonds. The molecule has 1 aliphatic carbocycles. The van der Waals surface area contributed by atoms with Gasteiger partial charge in [0, 0.05) is 52.2 Å². The molecule has 2 aliphatic rings. The van der Waals surface area contributed by atoms with Crippen molar-refractivity contribution in [3.63, 3.8) is 0 Å². The molecule has 2 fully saturated rings. The standard InChI is InChI=1S/C17H32N4O2/c1-18-17(21(2)12-14-8-11-23-13-14)20-10-9-19-16(22)15-6-4-3-5-7-15/h14-15H,3-13H2,1-2H3,(H,18,20)(H,19,22). The molecular formula is C17H32N4O2. The summed E-state index contributed by atoms with van der Waals surface area (Å²) in [5.41, 5.74) is 0. The van der Waals surface area contributed by atoms with E-state index in [0.29, 0.717) is 19.0 Å². The van der Waals surface area contributed by atoms with Crippen LogP contribution in [0, 0.1) is 11.8 Å². The van der Waals surface area contributed by atoms with Crippen LogP contribution in [0.2, 0.25) is 0 Å². The van der Waals surface area contributed by atoms with Gasteiger partial charge in [0.2, 0.25) is 5.91 Å². The first-order chi connectivity index (χ1) is 11.2. The monoisotopic (exact) mass is 324 g/mol. The third-order valence-electron chi connectivity index (χ3n) is 4.81. The topological polar surface area (TPSA) is 66.0 Å². The van der Waals surface area contributed by atoms with E-state index < -0.39 is 0 Å². The molecule has 2 N–H and O–H groups in total. The summed E-state index contributed by atoms with van der Waals surface area (Å²) in [5, 5.41) is 6.37. The Bertz CT molecular complexity index is 388. The van der Waals surface area contributed by atoms with E-state index in [2.05, 4.69) is 20.5 Å². The van der Waals surface area contributed by atoms with E-state index in [9.17, 15) is 4.79 Å². The SMILES string of the molecule is CN=C(NCCNC(=O)C1CCCCC1)N(C)CC1CCOC1. The molecule has 0 aromatic carbocycles. The number of amides is 1. The zero-order valence-electron chi connectivity index (χ0n) is 14.6. The molecule has 2 rings (SSSR count). The molecular weight excluding hydrogens is 292 g/mol. The third-order valence-corrected chi connectivity index (χ3v) is 4.81. The van der Waals surface area contributed by atoms with E-state index >= 15 is 0 Å². The van der Waals surface area contributed by atoms with Crippen LogP contribution >= 0.6 is 0 Å². The van der Waals surface area contributed by atoms with E-state index in [0.717, 1.165) is 45.0 Å². The van der Waals surface area contributed by atoms with E-state index in [4.69, 9.17) is 4.74 Å². The molecule has 0 aromatic heterocycles. The zero-order chi connectivity index (χ0) is 16.5. The number of aliphatic imine (C=N–C) groups is 1. The van der Waals surface area contributed by atoms with Gasteiger partial charge in [-0.2, -0.15) is 0 Å². The Balaban J connectivity index is 1.62. The summed E-state index contributed by atoms with van der Waals surface area (Å²) in [6.07, 6.45) is 6.89. The second-order valence-corrected chi connectivity index (χ2v) is 6.71. The molecule has 1 atom stereocenters. The van der Waals surface area contributed by atoms with Crippen LogP contribution in [0.15, 0.2) is 4.99 Å². The number of nitrogens with one attached hydrogen (secondary N) is 2. The summed E-state index contributed by atoms with van der Waals surface area (Å²) in [6, 6.07) is 0. The van der Waals surface area contributed by atoms with Crippen molar-refractivity contribution in [2.24, 2.45) is 16.8 Å². The molecule has 132 valence electrons. The van der Waals surface area contributed by atoms with Crippen LogP contribution in [0.1, 0.15) is 38.5 Å². The highest BCUT2D eigenvalue weighted by Crippen LogP contribution is 2.23. The summed E-state index contributed by atoms with van der Waals surface area (Å²) in [4.78, 5) is 18.5. The minimum absolute atomic E-state index is 0.220. The molecule has 0 spiro atoms. The lowest BCUT2D eigenvalue weighted by atomic mass is 9.89. The van der Waals surface area contributed by atoms with Crippen LogP contribution in [0.25, 0.3) is 0 Å². The molecule has 1 unspecified atom stereocenters. The summed E-state index contributed by atoms with van der Waals surface area (Å²) < 4.78 is 5.42. The number of carbonyl (C=O) groups is 1. The van der Waals surface area contributed by atoms with Gasteiger partial charge >= 0.3 is 0 Å². The van der Waals surface area contributed by atoms with Gasteiger partial charge < -0.3 is 20.3 Å². The van der Waals surface area contributed by atoms with Gasteiger partial charge in [-0.3, -0.25) is 9.79 Å².